The van der Waals surface area contributed by atoms with E-state index in [1.165, 1.54) is 0 Å². The van der Waals surface area contributed by atoms with Gasteiger partial charge in [0.15, 0.2) is 0 Å². The van der Waals surface area contributed by atoms with Crippen LogP contribution in [0.25, 0.3) is 0 Å². The number of nitrogens with one attached hydrogen (secondary N) is 2. The van der Waals surface area contributed by atoms with Gasteiger partial charge in [-0.1, -0.05) is 13.8 Å². The summed E-state index contributed by atoms with van der Waals surface area (Å²) in [5, 5.41) is 3.04. The van der Waals surface area contributed by atoms with Crippen LogP contribution < -0.4 is 14.8 Å². The van der Waals surface area contributed by atoms with Crippen LogP contribution in [0.1, 0.15) is 39.5 Å². The third-order valence-corrected chi connectivity index (χ3v) is 4.70. The predicted octanol–water partition coefficient (Wildman–Crippen LogP) is 2.95. The maximum absolute atomic E-state index is 12.1. The van der Waals surface area contributed by atoms with Gasteiger partial charge in [-0.2, -0.15) is 0 Å². The highest BCUT2D eigenvalue weighted by Gasteiger charge is 2.29. The number of rotatable bonds is 5. The molecule has 8 nitrogen and oxygen atoms in total. The Morgan fingerprint density at radius 2 is 2.00 bits per heavy atom. The first kappa shape index (κ1) is 20.1. The molecule has 0 aromatic carbocycles. The van der Waals surface area contributed by atoms with Crippen LogP contribution in [0, 0.1) is 0 Å². The summed E-state index contributed by atoms with van der Waals surface area (Å²) < 4.78 is 11.7. The number of hydrogen-bond acceptors (Lipinski definition) is 5. The highest BCUT2D eigenvalue weighted by atomic mass is 16.5. The Labute approximate surface area is 166 Å². The van der Waals surface area contributed by atoms with E-state index >= 15 is 0 Å². The van der Waals surface area contributed by atoms with Crippen molar-refractivity contribution in [3.8, 4) is 11.6 Å². The lowest BCUT2D eigenvalue weighted by atomic mass is 10.1. The van der Waals surface area contributed by atoms with Gasteiger partial charge in [-0.25, -0.2) is 9.79 Å². The van der Waals surface area contributed by atoms with Crippen LogP contribution in [0.15, 0.2) is 29.3 Å². The van der Waals surface area contributed by atoms with Crippen LogP contribution in [-0.2, 0) is 0 Å². The Hall–Kier alpha value is -2.64. The van der Waals surface area contributed by atoms with Crippen LogP contribution in [0.4, 0.5) is 4.79 Å². The van der Waals surface area contributed by atoms with Gasteiger partial charge in [0.1, 0.15) is 11.9 Å². The molecule has 0 bridgehead atoms. The van der Waals surface area contributed by atoms with Crippen LogP contribution in [-0.4, -0.2) is 65.9 Å². The minimum atomic E-state index is 0.0644. The molecule has 1 saturated carbocycles. The van der Waals surface area contributed by atoms with Gasteiger partial charge in [-0.3, -0.25) is 0 Å². The molecule has 0 atom stereocenters. The van der Waals surface area contributed by atoms with Gasteiger partial charge >= 0.3 is 6.03 Å². The fourth-order valence-electron chi connectivity index (χ4n) is 3.04. The predicted molar refractivity (Wildman–Crippen MR) is 109 cm³/mol. The minimum Gasteiger partial charge on any atom is -0.489 e. The topological polar surface area (TPSA) is 82.2 Å². The SMILES string of the molecule is CC.CN1C=C(Oc2cc(OC3CCN(C(=O)NC4CC4)CC3)c[nH]2)N=CC1. The monoisotopic (exact) mass is 389 g/mol. The Balaban J connectivity index is 0.00000109. The number of aromatic nitrogens is 1. The standard InChI is InChI=1S/C18H25N5O3.C2H6/c1-22-9-6-19-17(12-22)26-16-10-15(11-20-16)25-14-4-7-23(8-5-14)18(24)21-13-2-3-13;1-2/h6,10-14,20H,2-5,7-9H2,1H3,(H,21,24);1-2H3. The molecule has 4 rings (SSSR count). The summed E-state index contributed by atoms with van der Waals surface area (Å²) in [6.07, 6.45) is 9.45. The van der Waals surface area contributed by atoms with Gasteiger partial charge in [-0.15, -0.1) is 0 Å². The number of aliphatic imine (C=N–C) groups is 1. The van der Waals surface area contributed by atoms with Crippen molar-refractivity contribution >= 4 is 12.2 Å². The van der Waals surface area contributed by atoms with Gasteiger partial charge in [0.05, 0.1) is 12.7 Å². The van der Waals surface area contributed by atoms with E-state index in [9.17, 15) is 4.79 Å². The number of nitrogens with zero attached hydrogens (tertiary/aromatic N) is 3. The molecular formula is C20H31N5O3. The lowest BCUT2D eigenvalue weighted by molar-refractivity contribution is 0.111. The second-order valence-electron chi connectivity index (χ2n) is 7.05. The maximum atomic E-state index is 12.1. The number of hydrogen-bond donors (Lipinski definition) is 2. The highest BCUT2D eigenvalue weighted by Crippen LogP contribution is 2.25. The molecule has 0 unspecified atom stereocenters. The third-order valence-electron chi connectivity index (χ3n) is 4.70. The summed E-state index contributed by atoms with van der Waals surface area (Å²) in [5.41, 5.74) is 0. The average molecular weight is 390 g/mol. The molecule has 3 aliphatic rings. The van der Waals surface area contributed by atoms with Crippen molar-refractivity contribution in [1.29, 1.82) is 0 Å². The first-order valence-electron chi connectivity index (χ1n) is 10.2. The number of amides is 2. The Bertz CT molecular complexity index is 702. The van der Waals surface area contributed by atoms with Gasteiger partial charge in [0.25, 0.3) is 0 Å². The van der Waals surface area contributed by atoms with Crippen molar-refractivity contribution in [2.24, 2.45) is 4.99 Å². The van der Waals surface area contributed by atoms with Crippen LogP contribution in [0.2, 0.25) is 0 Å². The Morgan fingerprint density at radius 1 is 1.25 bits per heavy atom. The first-order valence-corrected chi connectivity index (χ1v) is 10.2. The zero-order valence-corrected chi connectivity index (χ0v) is 17.0. The summed E-state index contributed by atoms with van der Waals surface area (Å²) in [6, 6.07) is 2.30. The molecule has 0 radical (unpaired) electrons. The summed E-state index contributed by atoms with van der Waals surface area (Å²) in [4.78, 5) is 23.2. The van der Waals surface area contributed by atoms with E-state index in [0.29, 0.717) is 17.8 Å². The molecule has 2 N–H and O–H groups in total. The molecular weight excluding hydrogens is 358 g/mol. The fraction of sp³-hybridized carbons (Fsp3) is 0.600. The summed E-state index contributed by atoms with van der Waals surface area (Å²) in [5.74, 6) is 1.89. The first-order chi connectivity index (χ1) is 13.7. The average Bonchev–Trinajstić information content (AvgIpc) is 3.42. The van der Waals surface area contributed by atoms with Crippen molar-refractivity contribution in [1.82, 2.24) is 20.1 Å². The molecule has 2 amide bonds. The smallest absolute Gasteiger partial charge is 0.317 e. The number of H-pyrrole nitrogens is 1. The number of piperidine rings is 1. The molecule has 1 aliphatic carbocycles. The van der Waals surface area contributed by atoms with E-state index < -0.39 is 0 Å². The number of carbonyl (C=O) groups is 1. The molecule has 1 aromatic heterocycles. The van der Waals surface area contributed by atoms with Gasteiger partial charge in [0.2, 0.25) is 11.8 Å². The molecule has 0 spiro atoms. The molecule has 1 aromatic rings. The Morgan fingerprint density at radius 3 is 2.68 bits per heavy atom. The molecule has 2 fully saturated rings. The lowest BCUT2D eigenvalue weighted by Gasteiger charge is -2.32. The van der Waals surface area contributed by atoms with Crippen molar-refractivity contribution < 1.29 is 14.3 Å². The second kappa shape index (κ2) is 9.52. The van der Waals surface area contributed by atoms with Crippen molar-refractivity contribution in [3.63, 3.8) is 0 Å². The van der Waals surface area contributed by atoms with Crippen molar-refractivity contribution in [2.45, 2.75) is 51.7 Å². The molecule has 1 saturated heterocycles. The third kappa shape index (κ3) is 5.68. The van der Waals surface area contributed by atoms with E-state index in [1.807, 2.05) is 49.2 Å². The molecule has 3 heterocycles. The number of carbonyl (C=O) groups excluding carboxylic acids is 1. The molecule has 154 valence electrons. The van der Waals surface area contributed by atoms with Crippen LogP contribution in [0.5, 0.6) is 11.6 Å². The van der Waals surface area contributed by atoms with Gasteiger partial charge in [0, 0.05) is 57.5 Å². The van der Waals surface area contributed by atoms with Crippen LogP contribution >= 0.6 is 0 Å². The quantitative estimate of drug-likeness (QED) is 0.811. The second-order valence-corrected chi connectivity index (χ2v) is 7.05. The number of urea groups is 1. The van der Waals surface area contributed by atoms with E-state index in [2.05, 4.69) is 15.3 Å². The molecule has 2 aliphatic heterocycles. The number of ether oxygens (including phenoxy) is 2. The normalized spacial score (nSPS) is 19.5. The lowest BCUT2D eigenvalue weighted by Crippen LogP contribution is -2.47. The van der Waals surface area contributed by atoms with Crippen molar-refractivity contribution in [2.75, 3.05) is 26.7 Å². The van der Waals surface area contributed by atoms with Crippen LogP contribution in [0.3, 0.4) is 0 Å². The zero-order valence-electron chi connectivity index (χ0n) is 17.0. The van der Waals surface area contributed by atoms with E-state index in [0.717, 1.165) is 51.1 Å². The summed E-state index contributed by atoms with van der Waals surface area (Å²) in [7, 11) is 1.97. The summed E-state index contributed by atoms with van der Waals surface area (Å²) >= 11 is 0. The molecule has 8 heteroatoms. The molecule has 28 heavy (non-hydrogen) atoms. The zero-order chi connectivity index (χ0) is 19.9. The Kier molecular flexibility index (Phi) is 6.84. The summed E-state index contributed by atoms with van der Waals surface area (Å²) in [6.45, 7) is 6.24. The van der Waals surface area contributed by atoms with E-state index in [-0.39, 0.29) is 12.1 Å². The van der Waals surface area contributed by atoms with Crippen molar-refractivity contribution in [3.05, 3.63) is 24.3 Å². The largest absolute Gasteiger partial charge is 0.489 e. The number of likely N-dealkylation sites (tertiary alicyclic amines) is 1. The van der Waals surface area contributed by atoms with Gasteiger partial charge in [-0.05, 0) is 12.8 Å². The minimum absolute atomic E-state index is 0.0644. The maximum Gasteiger partial charge on any atom is 0.317 e. The van der Waals surface area contributed by atoms with E-state index in [1.54, 1.807) is 6.20 Å². The highest BCUT2D eigenvalue weighted by molar-refractivity contribution is 5.75. The number of aromatic amines is 1. The van der Waals surface area contributed by atoms with Gasteiger partial charge < -0.3 is 29.6 Å². The fourth-order valence-corrected chi connectivity index (χ4v) is 3.04. The van der Waals surface area contributed by atoms with E-state index in [4.69, 9.17) is 9.47 Å².